The lowest BCUT2D eigenvalue weighted by Gasteiger charge is -2.47. The summed E-state index contributed by atoms with van der Waals surface area (Å²) < 4.78 is 0. The van der Waals surface area contributed by atoms with E-state index in [4.69, 9.17) is 0 Å². The summed E-state index contributed by atoms with van der Waals surface area (Å²) in [5.74, 6) is 0.0876. The van der Waals surface area contributed by atoms with Gasteiger partial charge < -0.3 is 4.90 Å². The number of likely N-dealkylation sites (N-methyl/N-ethyl adjacent to an activating group) is 1. The Morgan fingerprint density at radius 1 is 1.07 bits per heavy atom. The number of nitriles is 1. The molecule has 2 aromatic carbocycles. The lowest BCUT2D eigenvalue weighted by Crippen LogP contribution is -2.58. The number of nitrogens with zero attached hydrogens (tertiary/aromatic N) is 3. The first-order chi connectivity index (χ1) is 13.6. The number of rotatable bonds is 7. The first-order valence-corrected chi connectivity index (χ1v) is 10.9. The van der Waals surface area contributed by atoms with E-state index in [9.17, 15) is 10.1 Å². The van der Waals surface area contributed by atoms with Crippen molar-refractivity contribution in [1.29, 1.82) is 5.26 Å². The van der Waals surface area contributed by atoms with Crippen molar-refractivity contribution in [2.24, 2.45) is 0 Å². The zero-order chi connectivity index (χ0) is 20.0. The number of hydrogen-bond acceptors (Lipinski definition) is 5. The van der Waals surface area contributed by atoms with Crippen molar-refractivity contribution in [1.82, 2.24) is 9.80 Å². The van der Waals surface area contributed by atoms with Gasteiger partial charge in [0.15, 0.2) is 5.78 Å². The number of benzene rings is 2. The van der Waals surface area contributed by atoms with Crippen molar-refractivity contribution >= 4 is 17.5 Å². The van der Waals surface area contributed by atoms with Crippen LogP contribution < -0.4 is 0 Å². The standard InChI is InChI=1S/C23H27N3OS/c1-25-13-15-26(16-14-25)23(18-24,20-11-7-4-8-12-20)22(28-2)17-21(27)19-9-5-3-6-10-19/h3-12,22H,13-17H2,1-2H3. The predicted octanol–water partition coefficient (Wildman–Crippen LogP) is 3.66. The van der Waals surface area contributed by atoms with Crippen LogP contribution in [0.1, 0.15) is 22.3 Å². The normalized spacial score (nSPS) is 18.8. The Morgan fingerprint density at radius 2 is 1.64 bits per heavy atom. The SMILES string of the molecule is CSC(CC(=O)c1ccccc1)C(C#N)(c1ccccc1)N1CCN(C)CC1. The molecule has 4 nitrogen and oxygen atoms in total. The number of ketones is 1. The highest BCUT2D eigenvalue weighted by atomic mass is 32.2. The molecule has 0 aliphatic carbocycles. The minimum atomic E-state index is -0.827. The summed E-state index contributed by atoms with van der Waals surface area (Å²) in [6.07, 6.45) is 2.34. The Labute approximate surface area is 172 Å². The molecule has 2 unspecified atom stereocenters. The van der Waals surface area contributed by atoms with Gasteiger partial charge in [0.25, 0.3) is 0 Å². The maximum absolute atomic E-state index is 13.0. The van der Waals surface area contributed by atoms with Crippen molar-refractivity contribution < 1.29 is 4.79 Å². The monoisotopic (exact) mass is 393 g/mol. The van der Waals surface area contributed by atoms with Crippen molar-refractivity contribution in [3.8, 4) is 6.07 Å². The molecule has 1 fully saturated rings. The molecular weight excluding hydrogens is 366 g/mol. The third-order valence-corrected chi connectivity index (χ3v) is 6.68. The maximum atomic E-state index is 13.0. The van der Waals surface area contributed by atoms with Crippen LogP contribution in [-0.4, -0.2) is 60.3 Å². The van der Waals surface area contributed by atoms with E-state index in [1.165, 1.54) is 0 Å². The molecule has 0 N–H and O–H groups in total. The maximum Gasteiger partial charge on any atom is 0.164 e. The second-order valence-corrected chi connectivity index (χ2v) is 8.29. The Morgan fingerprint density at radius 3 is 2.18 bits per heavy atom. The lowest BCUT2D eigenvalue weighted by atomic mass is 9.82. The molecule has 2 aromatic rings. The van der Waals surface area contributed by atoms with Crippen LogP contribution >= 0.6 is 11.8 Å². The summed E-state index contributed by atoms with van der Waals surface area (Å²) in [5, 5.41) is 10.3. The van der Waals surface area contributed by atoms with Crippen molar-refractivity contribution in [2.45, 2.75) is 17.2 Å². The molecular formula is C23H27N3OS. The Hall–Kier alpha value is -2.13. The van der Waals surface area contributed by atoms with Gasteiger partial charge in [0.2, 0.25) is 0 Å². The van der Waals surface area contributed by atoms with Crippen molar-refractivity contribution in [3.05, 3.63) is 71.8 Å². The second-order valence-electron chi connectivity index (χ2n) is 7.25. The van der Waals surface area contributed by atoms with Crippen LogP contribution in [-0.2, 0) is 5.54 Å². The Bertz CT molecular complexity index is 813. The summed E-state index contributed by atoms with van der Waals surface area (Å²) in [6.45, 7) is 3.47. The topological polar surface area (TPSA) is 47.3 Å². The smallest absolute Gasteiger partial charge is 0.164 e. The summed E-state index contributed by atoms with van der Waals surface area (Å²) in [6, 6.07) is 22.0. The largest absolute Gasteiger partial charge is 0.304 e. The van der Waals surface area contributed by atoms with Crippen LogP contribution in [0.2, 0.25) is 0 Å². The second kappa shape index (κ2) is 9.38. The quantitative estimate of drug-likeness (QED) is 0.672. The molecule has 2 atom stereocenters. The number of Topliss-reactive ketones (excluding diaryl/α,β-unsaturated/α-hetero) is 1. The number of carbonyl (C=O) groups is 1. The van der Waals surface area contributed by atoms with Gasteiger partial charge in [-0.25, -0.2) is 0 Å². The average Bonchev–Trinajstić information content (AvgIpc) is 2.76. The number of carbonyl (C=O) groups excluding carboxylic acids is 1. The first kappa shape index (κ1) is 20.6. The molecule has 0 radical (unpaired) electrons. The molecule has 0 amide bonds. The fourth-order valence-corrected chi connectivity index (χ4v) is 4.94. The fraction of sp³-hybridized carbons (Fsp3) is 0.391. The van der Waals surface area contributed by atoms with E-state index in [2.05, 4.69) is 22.9 Å². The molecule has 0 bridgehead atoms. The highest BCUT2D eigenvalue weighted by Gasteiger charge is 2.47. The van der Waals surface area contributed by atoms with Crippen molar-refractivity contribution in [3.63, 3.8) is 0 Å². The van der Waals surface area contributed by atoms with E-state index in [1.807, 2.05) is 66.9 Å². The molecule has 1 aliphatic heterocycles. The van der Waals surface area contributed by atoms with Crippen LogP contribution in [0.3, 0.4) is 0 Å². The van der Waals surface area contributed by atoms with Crippen LogP contribution in [0.15, 0.2) is 60.7 Å². The van der Waals surface area contributed by atoms with E-state index in [1.54, 1.807) is 11.8 Å². The minimum Gasteiger partial charge on any atom is -0.304 e. The fourth-order valence-electron chi connectivity index (χ4n) is 3.94. The summed E-state index contributed by atoms with van der Waals surface area (Å²) in [7, 11) is 2.11. The van der Waals surface area contributed by atoms with E-state index in [-0.39, 0.29) is 11.0 Å². The number of thioether (sulfide) groups is 1. The molecule has 0 saturated carbocycles. The third-order valence-electron chi connectivity index (χ3n) is 5.60. The summed E-state index contributed by atoms with van der Waals surface area (Å²) in [5.41, 5.74) is 0.855. The van der Waals surface area contributed by atoms with Crippen LogP contribution in [0.5, 0.6) is 0 Å². The van der Waals surface area contributed by atoms with E-state index in [0.29, 0.717) is 12.0 Å². The number of hydrogen-bond donors (Lipinski definition) is 0. The zero-order valence-electron chi connectivity index (χ0n) is 16.5. The van der Waals surface area contributed by atoms with Gasteiger partial charge in [-0.2, -0.15) is 17.0 Å². The van der Waals surface area contributed by atoms with Gasteiger partial charge in [0.1, 0.15) is 5.54 Å². The third kappa shape index (κ3) is 4.15. The van der Waals surface area contributed by atoms with Gasteiger partial charge >= 0.3 is 0 Å². The van der Waals surface area contributed by atoms with Gasteiger partial charge in [0, 0.05) is 43.4 Å². The molecule has 146 valence electrons. The van der Waals surface area contributed by atoms with E-state index >= 15 is 0 Å². The van der Waals surface area contributed by atoms with Crippen LogP contribution in [0.4, 0.5) is 0 Å². The van der Waals surface area contributed by atoms with E-state index in [0.717, 1.165) is 31.7 Å². The van der Waals surface area contributed by atoms with Gasteiger partial charge in [-0.1, -0.05) is 60.7 Å². The first-order valence-electron chi connectivity index (χ1n) is 9.63. The highest BCUT2D eigenvalue weighted by Crippen LogP contribution is 2.40. The number of piperazine rings is 1. The predicted molar refractivity (Wildman–Crippen MR) is 115 cm³/mol. The average molecular weight is 394 g/mol. The molecule has 1 aliphatic rings. The molecule has 1 saturated heterocycles. The lowest BCUT2D eigenvalue weighted by molar-refractivity contribution is 0.0658. The van der Waals surface area contributed by atoms with Crippen LogP contribution in [0, 0.1) is 11.3 Å². The highest BCUT2D eigenvalue weighted by molar-refractivity contribution is 7.99. The van der Waals surface area contributed by atoms with E-state index < -0.39 is 5.54 Å². The van der Waals surface area contributed by atoms with Crippen molar-refractivity contribution in [2.75, 3.05) is 39.5 Å². The van der Waals surface area contributed by atoms with Gasteiger partial charge in [-0.15, -0.1) is 0 Å². The molecule has 0 spiro atoms. The summed E-state index contributed by atoms with van der Waals surface area (Å²) in [4.78, 5) is 17.6. The molecule has 28 heavy (non-hydrogen) atoms. The van der Waals surface area contributed by atoms with Gasteiger partial charge in [-0.05, 0) is 18.9 Å². The van der Waals surface area contributed by atoms with Gasteiger partial charge in [0.05, 0.1) is 6.07 Å². The Balaban J connectivity index is 1.99. The van der Waals surface area contributed by atoms with Gasteiger partial charge in [-0.3, -0.25) is 9.69 Å². The minimum absolute atomic E-state index is 0.0876. The molecule has 1 heterocycles. The zero-order valence-corrected chi connectivity index (χ0v) is 17.4. The molecule has 5 heteroatoms. The Kier molecular flexibility index (Phi) is 6.90. The molecule has 0 aromatic heterocycles. The summed E-state index contributed by atoms with van der Waals surface area (Å²) >= 11 is 1.62. The molecule has 3 rings (SSSR count). The van der Waals surface area contributed by atoms with Crippen LogP contribution in [0.25, 0.3) is 0 Å².